The maximum absolute atomic E-state index is 13.2. The van der Waals surface area contributed by atoms with Crippen LogP contribution in [0.3, 0.4) is 0 Å². The molecule has 0 aromatic heterocycles. The van der Waals surface area contributed by atoms with Crippen molar-refractivity contribution >= 4 is 11.6 Å². The zero-order valence-corrected chi connectivity index (χ0v) is 8.95. The highest BCUT2D eigenvalue weighted by Gasteiger charge is 2.20. The molecule has 1 saturated heterocycles. The van der Waals surface area contributed by atoms with Crippen LogP contribution >= 0.6 is 11.6 Å². The van der Waals surface area contributed by atoms with Gasteiger partial charge in [-0.1, -0.05) is 17.7 Å². The monoisotopic (exact) mass is 231 g/mol. The van der Waals surface area contributed by atoms with Crippen LogP contribution in [0.5, 0.6) is 0 Å². The van der Waals surface area contributed by atoms with Crippen molar-refractivity contribution in [2.75, 3.05) is 13.1 Å². The third kappa shape index (κ3) is 2.13. The topological polar surface area (TPSA) is 12.0 Å². The number of benzene rings is 1. The van der Waals surface area contributed by atoms with Crippen LogP contribution in [0.2, 0.25) is 5.02 Å². The maximum atomic E-state index is 13.2. The molecule has 1 aromatic rings. The maximum Gasteiger partial charge on any atom is 0.177 e. The minimum absolute atomic E-state index is 0.0660. The standard InChI is InChI=1S/C11H12ClF2N/c12-10-8(3-4-9(13)11(10)14)7-2-1-5-15-6-7/h3-4,7,15H,1-2,5-6H2. The van der Waals surface area contributed by atoms with E-state index in [9.17, 15) is 8.78 Å². The summed E-state index contributed by atoms with van der Waals surface area (Å²) < 4.78 is 26.1. The summed E-state index contributed by atoms with van der Waals surface area (Å²) in [5.41, 5.74) is 0.711. The van der Waals surface area contributed by atoms with Crippen molar-refractivity contribution in [3.63, 3.8) is 0 Å². The summed E-state index contributed by atoms with van der Waals surface area (Å²) in [5.74, 6) is -1.62. The number of halogens is 3. The summed E-state index contributed by atoms with van der Waals surface area (Å²) >= 11 is 5.79. The minimum atomic E-state index is -0.931. The summed E-state index contributed by atoms with van der Waals surface area (Å²) in [6.45, 7) is 1.77. The molecule has 0 aliphatic carbocycles. The Bertz CT molecular complexity index is 362. The van der Waals surface area contributed by atoms with E-state index < -0.39 is 11.6 Å². The normalized spacial score (nSPS) is 21.7. The van der Waals surface area contributed by atoms with E-state index in [4.69, 9.17) is 11.6 Å². The first kappa shape index (κ1) is 10.8. The fourth-order valence-corrected chi connectivity index (χ4v) is 2.28. The summed E-state index contributed by atoms with van der Waals surface area (Å²) in [6, 6.07) is 2.73. The van der Waals surface area contributed by atoms with Gasteiger partial charge in [0.1, 0.15) is 0 Å². The average molecular weight is 232 g/mol. The first-order chi connectivity index (χ1) is 7.20. The quantitative estimate of drug-likeness (QED) is 0.733. The van der Waals surface area contributed by atoms with Crippen molar-refractivity contribution in [2.24, 2.45) is 0 Å². The van der Waals surface area contributed by atoms with Gasteiger partial charge in [0, 0.05) is 6.54 Å². The lowest BCUT2D eigenvalue weighted by Crippen LogP contribution is -2.28. The molecule has 0 bridgehead atoms. The van der Waals surface area contributed by atoms with E-state index >= 15 is 0 Å². The Morgan fingerprint density at radius 2 is 2.13 bits per heavy atom. The molecule has 1 heterocycles. The van der Waals surface area contributed by atoms with Gasteiger partial charge in [0.2, 0.25) is 0 Å². The minimum Gasteiger partial charge on any atom is -0.316 e. The van der Waals surface area contributed by atoms with Crippen LogP contribution in [0.25, 0.3) is 0 Å². The highest BCUT2D eigenvalue weighted by Crippen LogP contribution is 2.31. The van der Waals surface area contributed by atoms with Crippen molar-refractivity contribution in [3.8, 4) is 0 Å². The molecule has 1 unspecified atom stereocenters. The second-order valence-electron chi connectivity index (χ2n) is 3.81. The molecule has 82 valence electrons. The summed E-state index contributed by atoms with van der Waals surface area (Å²) in [4.78, 5) is 0. The second-order valence-corrected chi connectivity index (χ2v) is 4.19. The van der Waals surface area contributed by atoms with E-state index in [2.05, 4.69) is 5.32 Å². The highest BCUT2D eigenvalue weighted by molar-refractivity contribution is 6.31. The van der Waals surface area contributed by atoms with Gasteiger partial charge in [-0.05, 0) is 36.9 Å². The van der Waals surface area contributed by atoms with Crippen molar-refractivity contribution in [3.05, 3.63) is 34.4 Å². The molecule has 4 heteroatoms. The number of nitrogens with one attached hydrogen (secondary N) is 1. The summed E-state index contributed by atoms with van der Waals surface area (Å²) in [6.07, 6.45) is 2.01. The fourth-order valence-electron chi connectivity index (χ4n) is 1.97. The van der Waals surface area contributed by atoms with E-state index in [0.29, 0.717) is 5.56 Å². The molecule has 1 aliphatic rings. The second kappa shape index (κ2) is 4.45. The largest absolute Gasteiger partial charge is 0.316 e. The Morgan fingerprint density at radius 1 is 1.33 bits per heavy atom. The first-order valence-corrected chi connectivity index (χ1v) is 5.42. The van der Waals surface area contributed by atoms with Crippen LogP contribution in [-0.4, -0.2) is 13.1 Å². The fraction of sp³-hybridized carbons (Fsp3) is 0.455. The van der Waals surface area contributed by atoms with Crippen LogP contribution in [0.4, 0.5) is 8.78 Å². The van der Waals surface area contributed by atoms with E-state index in [1.807, 2.05) is 0 Å². The van der Waals surface area contributed by atoms with E-state index in [1.54, 1.807) is 6.07 Å². The Kier molecular flexibility index (Phi) is 3.22. The van der Waals surface area contributed by atoms with Gasteiger partial charge in [-0.25, -0.2) is 8.78 Å². The molecule has 15 heavy (non-hydrogen) atoms. The molecule has 1 aromatic carbocycles. The van der Waals surface area contributed by atoms with Gasteiger partial charge in [0.15, 0.2) is 11.6 Å². The van der Waals surface area contributed by atoms with Crippen LogP contribution in [-0.2, 0) is 0 Å². The molecule has 0 spiro atoms. The van der Waals surface area contributed by atoms with Gasteiger partial charge < -0.3 is 5.32 Å². The Hall–Kier alpha value is -0.670. The SMILES string of the molecule is Fc1ccc(C2CCCNC2)c(Cl)c1F. The molecule has 1 aliphatic heterocycles. The van der Waals surface area contributed by atoms with Crippen molar-refractivity contribution in [1.29, 1.82) is 0 Å². The zero-order valence-electron chi connectivity index (χ0n) is 8.19. The summed E-state index contributed by atoms with van der Waals surface area (Å²) in [5, 5.41) is 3.15. The number of hydrogen-bond donors (Lipinski definition) is 1. The van der Waals surface area contributed by atoms with Crippen LogP contribution in [0, 0.1) is 11.6 Å². The molecule has 1 N–H and O–H groups in total. The molecule has 1 nitrogen and oxygen atoms in total. The van der Waals surface area contributed by atoms with Crippen molar-refractivity contribution < 1.29 is 8.78 Å². The van der Waals surface area contributed by atoms with E-state index in [0.717, 1.165) is 32.0 Å². The van der Waals surface area contributed by atoms with Crippen LogP contribution in [0.1, 0.15) is 24.3 Å². The Labute approximate surface area is 92.4 Å². The Balaban J connectivity index is 2.31. The van der Waals surface area contributed by atoms with Crippen LogP contribution in [0.15, 0.2) is 12.1 Å². The lowest BCUT2D eigenvalue weighted by molar-refractivity contribution is 0.455. The molecule has 0 radical (unpaired) electrons. The molecular formula is C11H12ClF2N. The summed E-state index contributed by atoms with van der Waals surface area (Å²) in [7, 11) is 0. The third-order valence-electron chi connectivity index (χ3n) is 2.80. The van der Waals surface area contributed by atoms with Gasteiger partial charge in [-0.3, -0.25) is 0 Å². The predicted octanol–water partition coefficient (Wildman–Crippen LogP) is 3.09. The third-order valence-corrected chi connectivity index (χ3v) is 3.19. The molecule has 1 atom stereocenters. The molecule has 0 saturated carbocycles. The van der Waals surface area contributed by atoms with Gasteiger partial charge >= 0.3 is 0 Å². The zero-order chi connectivity index (χ0) is 10.8. The van der Waals surface area contributed by atoms with E-state index in [-0.39, 0.29) is 10.9 Å². The van der Waals surface area contributed by atoms with E-state index in [1.165, 1.54) is 0 Å². The highest BCUT2D eigenvalue weighted by atomic mass is 35.5. The van der Waals surface area contributed by atoms with Crippen molar-refractivity contribution in [1.82, 2.24) is 5.32 Å². The van der Waals surface area contributed by atoms with Crippen molar-refractivity contribution in [2.45, 2.75) is 18.8 Å². The first-order valence-electron chi connectivity index (χ1n) is 5.04. The number of rotatable bonds is 1. The molecule has 2 rings (SSSR count). The van der Waals surface area contributed by atoms with Gasteiger partial charge in [-0.15, -0.1) is 0 Å². The molecule has 1 fully saturated rings. The Morgan fingerprint density at radius 3 is 2.80 bits per heavy atom. The average Bonchev–Trinajstić information content (AvgIpc) is 2.27. The van der Waals surface area contributed by atoms with Gasteiger partial charge in [-0.2, -0.15) is 0 Å². The number of piperidine rings is 1. The lowest BCUT2D eigenvalue weighted by atomic mass is 9.91. The molecule has 0 amide bonds. The number of hydrogen-bond acceptors (Lipinski definition) is 1. The smallest absolute Gasteiger partial charge is 0.177 e. The van der Waals surface area contributed by atoms with Gasteiger partial charge in [0.25, 0.3) is 0 Å². The van der Waals surface area contributed by atoms with Gasteiger partial charge in [0.05, 0.1) is 5.02 Å². The predicted molar refractivity (Wildman–Crippen MR) is 56.2 cm³/mol. The lowest BCUT2D eigenvalue weighted by Gasteiger charge is -2.24. The van der Waals surface area contributed by atoms with Crippen LogP contribution < -0.4 is 5.32 Å². The molecular weight excluding hydrogens is 220 g/mol.